The van der Waals surface area contributed by atoms with Gasteiger partial charge < -0.3 is 16.0 Å². The van der Waals surface area contributed by atoms with Gasteiger partial charge >= 0.3 is 0 Å². The van der Waals surface area contributed by atoms with Gasteiger partial charge in [0.1, 0.15) is 0 Å². The van der Waals surface area contributed by atoms with Gasteiger partial charge in [0, 0.05) is 51.5 Å². The van der Waals surface area contributed by atoms with Crippen LogP contribution in [0.15, 0.2) is 72.2 Å². The molecule has 9 heteroatoms. The molecular formula is C21H26IN7O. The fourth-order valence-corrected chi connectivity index (χ4v) is 2.81. The van der Waals surface area contributed by atoms with Gasteiger partial charge in [0.2, 0.25) is 0 Å². The van der Waals surface area contributed by atoms with Crippen LogP contribution in [0.2, 0.25) is 0 Å². The first kappa shape index (κ1) is 23.3. The average Bonchev–Trinajstić information content (AvgIpc) is 3.28. The highest BCUT2D eigenvalue weighted by Crippen LogP contribution is 2.10. The van der Waals surface area contributed by atoms with Crippen LogP contribution in [0.1, 0.15) is 21.5 Å². The quantitative estimate of drug-likeness (QED) is 0.183. The number of aliphatic imine (C=N–C) groups is 1. The molecule has 2 aromatic heterocycles. The monoisotopic (exact) mass is 519 g/mol. The zero-order valence-corrected chi connectivity index (χ0v) is 19.1. The number of guanidine groups is 1. The standard InChI is InChI=1S/C21H25N7O.HI/c1-22-21(25-12-11-24-20(29)18-8-4-9-23-14-18)26-15-17-6-2-3-7-19(17)16-28-13-5-10-27-28;/h2-10,13-14H,11-12,15-16H2,1H3,(H,24,29)(H2,22,25,26);1H. The molecule has 3 rings (SSSR count). The summed E-state index contributed by atoms with van der Waals surface area (Å²) in [5.74, 6) is 0.532. The first-order valence-corrected chi connectivity index (χ1v) is 9.43. The van der Waals surface area contributed by atoms with E-state index in [4.69, 9.17) is 0 Å². The normalized spacial score (nSPS) is 10.8. The van der Waals surface area contributed by atoms with Crippen molar-refractivity contribution < 1.29 is 4.79 Å². The molecule has 0 saturated carbocycles. The molecule has 2 heterocycles. The van der Waals surface area contributed by atoms with E-state index in [1.807, 2.05) is 29.1 Å². The Morgan fingerprint density at radius 2 is 1.80 bits per heavy atom. The third-order valence-electron chi connectivity index (χ3n) is 4.31. The Bertz CT molecular complexity index is 930. The van der Waals surface area contributed by atoms with Crippen LogP contribution in [0.5, 0.6) is 0 Å². The van der Waals surface area contributed by atoms with Crippen LogP contribution in [-0.4, -0.2) is 46.8 Å². The fourth-order valence-electron chi connectivity index (χ4n) is 2.81. The van der Waals surface area contributed by atoms with Crippen LogP contribution in [0.25, 0.3) is 0 Å². The van der Waals surface area contributed by atoms with Crippen molar-refractivity contribution in [2.75, 3.05) is 20.1 Å². The molecule has 1 amide bonds. The number of hydrogen-bond donors (Lipinski definition) is 3. The van der Waals surface area contributed by atoms with E-state index in [-0.39, 0.29) is 29.9 Å². The number of aromatic nitrogens is 3. The van der Waals surface area contributed by atoms with Crippen molar-refractivity contribution in [2.45, 2.75) is 13.1 Å². The predicted octanol–water partition coefficient (Wildman–Crippen LogP) is 2.04. The molecule has 158 valence electrons. The van der Waals surface area contributed by atoms with Gasteiger partial charge in [0.05, 0.1) is 12.1 Å². The number of benzene rings is 1. The lowest BCUT2D eigenvalue weighted by atomic mass is 10.1. The molecule has 3 aromatic rings. The van der Waals surface area contributed by atoms with Crippen molar-refractivity contribution in [2.24, 2.45) is 4.99 Å². The summed E-state index contributed by atoms with van der Waals surface area (Å²) in [5.41, 5.74) is 2.92. The highest BCUT2D eigenvalue weighted by atomic mass is 127. The van der Waals surface area contributed by atoms with Gasteiger partial charge in [-0.25, -0.2) is 0 Å². The smallest absolute Gasteiger partial charge is 0.252 e. The number of nitrogens with zero attached hydrogens (tertiary/aromatic N) is 4. The highest BCUT2D eigenvalue weighted by molar-refractivity contribution is 14.0. The molecule has 8 nitrogen and oxygen atoms in total. The SMILES string of the molecule is CN=C(NCCNC(=O)c1cccnc1)NCc1ccccc1Cn1cccn1.I. The third kappa shape index (κ3) is 7.14. The lowest BCUT2D eigenvalue weighted by Gasteiger charge is -2.14. The minimum absolute atomic E-state index is 0. The topological polar surface area (TPSA) is 96.2 Å². The summed E-state index contributed by atoms with van der Waals surface area (Å²) in [7, 11) is 1.72. The van der Waals surface area contributed by atoms with Crippen molar-refractivity contribution in [1.29, 1.82) is 0 Å². The minimum atomic E-state index is -0.143. The Balaban J connectivity index is 0.00000320. The zero-order valence-electron chi connectivity index (χ0n) is 16.8. The lowest BCUT2D eigenvalue weighted by Crippen LogP contribution is -2.41. The predicted molar refractivity (Wildman–Crippen MR) is 128 cm³/mol. The Morgan fingerprint density at radius 3 is 2.50 bits per heavy atom. The Hall–Kier alpha value is -2.95. The fraction of sp³-hybridized carbons (Fsp3) is 0.238. The first-order chi connectivity index (χ1) is 14.3. The van der Waals surface area contributed by atoms with E-state index in [1.54, 1.807) is 37.8 Å². The van der Waals surface area contributed by atoms with Gasteiger partial charge in [-0.2, -0.15) is 5.10 Å². The van der Waals surface area contributed by atoms with E-state index in [1.165, 1.54) is 11.1 Å². The second kappa shape index (κ2) is 12.6. The van der Waals surface area contributed by atoms with Crippen molar-refractivity contribution in [3.05, 3.63) is 83.9 Å². The Labute approximate surface area is 193 Å². The molecule has 0 radical (unpaired) electrons. The number of hydrogen-bond acceptors (Lipinski definition) is 4. The van der Waals surface area contributed by atoms with E-state index in [0.717, 1.165) is 6.54 Å². The molecule has 3 N–H and O–H groups in total. The van der Waals surface area contributed by atoms with Gasteiger partial charge in [0.25, 0.3) is 5.91 Å². The van der Waals surface area contributed by atoms with Crippen molar-refractivity contribution in [1.82, 2.24) is 30.7 Å². The molecule has 0 fully saturated rings. The second-order valence-electron chi connectivity index (χ2n) is 6.32. The first-order valence-electron chi connectivity index (χ1n) is 9.43. The molecule has 0 aliphatic heterocycles. The maximum absolute atomic E-state index is 12.0. The lowest BCUT2D eigenvalue weighted by molar-refractivity contribution is 0.0954. The van der Waals surface area contributed by atoms with E-state index in [2.05, 4.69) is 43.2 Å². The molecule has 0 unspecified atom stereocenters. The summed E-state index contributed by atoms with van der Waals surface area (Å²) in [6.45, 7) is 2.39. The maximum Gasteiger partial charge on any atom is 0.252 e. The summed E-state index contributed by atoms with van der Waals surface area (Å²) in [4.78, 5) is 20.2. The van der Waals surface area contributed by atoms with Crippen LogP contribution >= 0.6 is 24.0 Å². The second-order valence-corrected chi connectivity index (χ2v) is 6.32. The molecule has 1 aromatic carbocycles. The minimum Gasteiger partial charge on any atom is -0.355 e. The van der Waals surface area contributed by atoms with Gasteiger partial charge in [0.15, 0.2) is 5.96 Å². The average molecular weight is 519 g/mol. The summed E-state index contributed by atoms with van der Waals surface area (Å²) in [6.07, 6.45) is 6.91. The molecule has 30 heavy (non-hydrogen) atoms. The Morgan fingerprint density at radius 1 is 1.00 bits per heavy atom. The highest BCUT2D eigenvalue weighted by Gasteiger charge is 2.06. The zero-order chi connectivity index (χ0) is 20.3. The van der Waals surface area contributed by atoms with E-state index < -0.39 is 0 Å². The molecule has 0 saturated heterocycles. The van der Waals surface area contributed by atoms with Crippen molar-refractivity contribution >= 4 is 35.8 Å². The summed E-state index contributed by atoms with van der Waals surface area (Å²) >= 11 is 0. The summed E-state index contributed by atoms with van der Waals surface area (Å²) in [6, 6.07) is 13.6. The number of nitrogens with one attached hydrogen (secondary N) is 3. The number of carbonyl (C=O) groups is 1. The van der Waals surface area contributed by atoms with Crippen LogP contribution in [0, 0.1) is 0 Å². The number of carbonyl (C=O) groups excluding carboxylic acids is 1. The largest absolute Gasteiger partial charge is 0.355 e. The number of halogens is 1. The molecule has 0 atom stereocenters. The Kier molecular flexibility index (Phi) is 9.78. The molecule has 0 aliphatic carbocycles. The molecule has 0 bridgehead atoms. The molecule has 0 spiro atoms. The van der Waals surface area contributed by atoms with E-state index >= 15 is 0 Å². The van der Waals surface area contributed by atoms with E-state index in [9.17, 15) is 4.79 Å². The van der Waals surface area contributed by atoms with Crippen LogP contribution < -0.4 is 16.0 Å². The van der Waals surface area contributed by atoms with Crippen LogP contribution in [-0.2, 0) is 13.1 Å². The third-order valence-corrected chi connectivity index (χ3v) is 4.31. The molecule has 0 aliphatic rings. The van der Waals surface area contributed by atoms with Gasteiger partial charge in [-0.3, -0.25) is 19.5 Å². The van der Waals surface area contributed by atoms with Crippen molar-refractivity contribution in [3.63, 3.8) is 0 Å². The van der Waals surface area contributed by atoms with E-state index in [0.29, 0.717) is 31.2 Å². The molecular weight excluding hydrogens is 493 g/mol. The van der Waals surface area contributed by atoms with Crippen LogP contribution in [0.3, 0.4) is 0 Å². The number of rotatable bonds is 8. The van der Waals surface area contributed by atoms with Gasteiger partial charge in [-0.1, -0.05) is 24.3 Å². The number of pyridine rings is 1. The van der Waals surface area contributed by atoms with Gasteiger partial charge in [-0.05, 0) is 29.3 Å². The van der Waals surface area contributed by atoms with Crippen molar-refractivity contribution in [3.8, 4) is 0 Å². The van der Waals surface area contributed by atoms with Gasteiger partial charge in [-0.15, -0.1) is 24.0 Å². The summed E-state index contributed by atoms with van der Waals surface area (Å²) in [5, 5.41) is 13.6. The maximum atomic E-state index is 12.0. The van der Waals surface area contributed by atoms with Crippen LogP contribution in [0.4, 0.5) is 0 Å². The summed E-state index contributed by atoms with van der Waals surface area (Å²) < 4.78 is 1.90. The number of amides is 1.